The van der Waals surface area contributed by atoms with E-state index in [9.17, 15) is 4.79 Å². The predicted octanol–water partition coefficient (Wildman–Crippen LogP) is 4.96. The summed E-state index contributed by atoms with van der Waals surface area (Å²) in [6, 6.07) is 20.1. The summed E-state index contributed by atoms with van der Waals surface area (Å²) in [5.41, 5.74) is 2.23. The average Bonchev–Trinajstić information content (AvgIpc) is 3.07. The van der Waals surface area contributed by atoms with Crippen LogP contribution in [0.3, 0.4) is 0 Å². The van der Waals surface area contributed by atoms with Gasteiger partial charge in [-0.2, -0.15) is 0 Å². The number of ether oxygens (including phenoxy) is 1. The molecule has 4 aromatic rings. The Labute approximate surface area is 161 Å². The maximum Gasteiger partial charge on any atom is 0.230 e. The van der Waals surface area contributed by atoms with Crippen LogP contribution in [0.1, 0.15) is 5.69 Å². The Morgan fingerprint density at radius 1 is 1.04 bits per heavy atom. The highest BCUT2D eigenvalue weighted by atomic mass is 35.5. The van der Waals surface area contributed by atoms with E-state index in [1.54, 1.807) is 36.4 Å². The van der Waals surface area contributed by atoms with Crippen LogP contribution in [0, 0.1) is 0 Å². The zero-order chi connectivity index (χ0) is 18.6. The third-order valence-corrected chi connectivity index (χ3v) is 4.27. The molecule has 0 aliphatic rings. The molecule has 0 radical (unpaired) electrons. The fourth-order valence-electron chi connectivity index (χ4n) is 2.70. The molecule has 4 rings (SSSR count). The van der Waals surface area contributed by atoms with E-state index < -0.39 is 0 Å². The molecule has 2 aromatic heterocycles. The van der Waals surface area contributed by atoms with Crippen molar-refractivity contribution in [2.24, 2.45) is 0 Å². The van der Waals surface area contributed by atoms with Crippen LogP contribution in [0.25, 0.3) is 5.65 Å². The molecule has 0 saturated carbocycles. The summed E-state index contributed by atoms with van der Waals surface area (Å²) in [6.45, 7) is 0. The number of hydrogen-bond donors (Lipinski definition) is 1. The second kappa shape index (κ2) is 7.51. The van der Waals surface area contributed by atoms with E-state index in [2.05, 4.69) is 10.3 Å². The van der Waals surface area contributed by atoms with E-state index >= 15 is 0 Å². The summed E-state index contributed by atoms with van der Waals surface area (Å²) in [5, 5.41) is 3.41. The number of fused-ring (bicyclic) bond motifs is 1. The monoisotopic (exact) mass is 377 g/mol. The highest BCUT2D eigenvalue weighted by Gasteiger charge is 2.08. The molecule has 0 spiro atoms. The Morgan fingerprint density at radius 3 is 2.59 bits per heavy atom. The summed E-state index contributed by atoms with van der Waals surface area (Å²) >= 11 is 6.09. The Kier molecular flexibility index (Phi) is 4.77. The lowest BCUT2D eigenvalue weighted by Gasteiger charge is -2.09. The van der Waals surface area contributed by atoms with Gasteiger partial charge >= 0.3 is 0 Å². The molecule has 0 bridgehead atoms. The SMILES string of the molecule is O=C(Cc1cn2ccccc2n1)Nc1ccc(Oc2ccccc2Cl)cc1. The van der Waals surface area contributed by atoms with E-state index in [0.29, 0.717) is 22.2 Å². The lowest BCUT2D eigenvalue weighted by molar-refractivity contribution is -0.115. The molecule has 134 valence electrons. The van der Waals surface area contributed by atoms with Crippen molar-refractivity contribution in [2.45, 2.75) is 6.42 Å². The topological polar surface area (TPSA) is 55.6 Å². The first-order chi connectivity index (χ1) is 13.2. The van der Waals surface area contributed by atoms with Gasteiger partial charge in [0.25, 0.3) is 0 Å². The lowest BCUT2D eigenvalue weighted by Crippen LogP contribution is -2.14. The number of nitrogens with one attached hydrogen (secondary N) is 1. The maximum absolute atomic E-state index is 12.3. The van der Waals surface area contributed by atoms with Crippen LogP contribution >= 0.6 is 11.6 Å². The van der Waals surface area contributed by atoms with Gasteiger partial charge in [-0.25, -0.2) is 4.98 Å². The average molecular weight is 378 g/mol. The number of rotatable bonds is 5. The zero-order valence-corrected chi connectivity index (χ0v) is 15.1. The number of anilines is 1. The lowest BCUT2D eigenvalue weighted by atomic mass is 10.2. The Balaban J connectivity index is 1.39. The van der Waals surface area contributed by atoms with E-state index in [4.69, 9.17) is 16.3 Å². The molecule has 2 aromatic carbocycles. The molecule has 0 aliphatic heterocycles. The molecule has 0 unspecified atom stereocenters. The van der Waals surface area contributed by atoms with Gasteiger partial charge in [-0.05, 0) is 48.5 Å². The predicted molar refractivity (Wildman–Crippen MR) is 105 cm³/mol. The molecule has 6 heteroatoms. The maximum atomic E-state index is 12.3. The van der Waals surface area contributed by atoms with Crippen LogP contribution in [-0.4, -0.2) is 15.3 Å². The summed E-state index contributed by atoms with van der Waals surface area (Å²) in [4.78, 5) is 16.7. The van der Waals surface area contributed by atoms with Crippen molar-refractivity contribution in [3.63, 3.8) is 0 Å². The fraction of sp³-hybridized carbons (Fsp3) is 0.0476. The molecule has 1 N–H and O–H groups in total. The third kappa shape index (κ3) is 4.10. The van der Waals surface area contributed by atoms with Gasteiger partial charge in [-0.1, -0.05) is 29.8 Å². The summed E-state index contributed by atoms with van der Waals surface area (Å²) in [5.74, 6) is 1.10. The Bertz CT molecular complexity index is 1060. The van der Waals surface area contributed by atoms with Gasteiger partial charge in [-0.15, -0.1) is 0 Å². The van der Waals surface area contributed by atoms with Crippen molar-refractivity contribution in [3.8, 4) is 11.5 Å². The quantitative estimate of drug-likeness (QED) is 0.534. The summed E-state index contributed by atoms with van der Waals surface area (Å²) in [6.07, 6.45) is 3.97. The van der Waals surface area contributed by atoms with Gasteiger partial charge in [0.2, 0.25) is 5.91 Å². The van der Waals surface area contributed by atoms with Crippen LogP contribution < -0.4 is 10.1 Å². The minimum Gasteiger partial charge on any atom is -0.456 e. The van der Waals surface area contributed by atoms with Gasteiger partial charge in [-0.3, -0.25) is 4.79 Å². The molecule has 0 atom stereocenters. The highest BCUT2D eigenvalue weighted by Crippen LogP contribution is 2.29. The number of benzene rings is 2. The second-order valence-corrected chi connectivity index (χ2v) is 6.39. The third-order valence-electron chi connectivity index (χ3n) is 3.96. The molecule has 0 fully saturated rings. The number of nitrogens with zero attached hydrogens (tertiary/aromatic N) is 2. The van der Waals surface area contributed by atoms with Crippen LogP contribution in [0.2, 0.25) is 5.02 Å². The minimum atomic E-state index is -0.127. The van der Waals surface area contributed by atoms with Crippen molar-refractivity contribution < 1.29 is 9.53 Å². The number of pyridine rings is 1. The first-order valence-corrected chi connectivity index (χ1v) is 8.80. The van der Waals surface area contributed by atoms with Gasteiger partial charge in [0, 0.05) is 18.1 Å². The standard InChI is InChI=1S/C21H16ClN3O2/c22-18-5-1-2-6-19(18)27-17-10-8-15(9-11-17)24-21(26)13-16-14-25-12-4-3-7-20(25)23-16/h1-12,14H,13H2,(H,24,26). The number of amides is 1. The van der Waals surface area contributed by atoms with Crippen LogP contribution in [0.4, 0.5) is 5.69 Å². The van der Waals surface area contributed by atoms with Crippen molar-refractivity contribution >= 4 is 28.8 Å². The van der Waals surface area contributed by atoms with Crippen LogP contribution in [0.15, 0.2) is 79.1 Å². The van der Waals surface area contributed by atoms with Gasteiger partial charge in [0.05, 0.1) is 17.1 Å². The Morgan fingerprint density at radius 2 is 1.81 bits per heavy atom. The van der Waals surface area contributed by atoms with E-state index in [1.165, 1.54) is 0 Å². The number of carbonyl (C=O) groups is 1. The summed E-state index contributed by atoms with van der Waals surface area (Å²) in [7, 11) is 0. The van der Waals surface area contributed by atoms with Gasteiger partial charge in [0.15, 0.2) is 0 Å². The number of imidazole rings is 1. The number of halogens is 1. The normalized spacial score (nSPS) is 10.7. The molecular formula is C21H16ClN3O2. The van der Waals surface area contributed by atoms with Gasteiger partial charge in [0.1, 0.15) is 17.1 Å². The molecule has 0 saturated heterocycles. The van der Waals surface area contributed by atoms with Gasteiger partial charge < -0.3 is 14.5 Å². The second-order valence-electron chi connectivity index (χ2n) is 5.98. The van der Waals surface area contributed by atoms with Crippen LogP contribution in [-0.2, 0) is 11.2 Å². The number of hydrogen-bond acceptors (Lipinski definition) is 3. The number of aromatic nitrogens is 2. The fourth-order valence-corrected chi connectivity index (χ4v) is 2.88. The van der Waals surface area contributed by atoms with E-state index in [0.717, 1.165) is 11.3 Å². The zero-order valence-electron chi connectivity index (χ0n) is 14.3. The first-order valence-electron chi connectivity index (χ1n) is 8.42. The Hall–Kier alpha value is -3.31. The largest absolute Gasteiger partial charge is 0.456 e. The van der Waals surface area contributed by atoms with E-state index in [1.807, 2.05) is 47.1 Å². The molecule has 5 nitrogen and oxygen atoms in total. The van der Waals surface area contributed by atoms with Crippen molar-refractivity contribution in [1.82, 2.24) is 9.38 Å². The molecule has 27 heavy (non-hydrogen) atoms. The van der Waals surface area contributed by atoms with Crippen molar-refractivity contribution in [2.75, 3.05) is 5.32 Å². The number of carbonyl (C=O) groups excluding carboxylic acids is 1. The van der Waals surface area contributed by atoms with Crippen molar-refractivity contribution in [1.29, 1.82) is 0 Å². The first kappa shape index (κ1) is 17.1. The van der Waals surface area contributed by atoms with Crippen LogP contribution in [0.5, 0.6) is 11.5 Å². The summed E-state index contributed by atoms with van der Waals surface area (Å²) < 4.78 is 7.63. The molecule has 0 aliphatic carbocycles. The van der Waals surface area contributed by atoms with Crippen molar-refractivity contribution in [3.05, 3.63) is 89.8 Å². The smallest absolute Gasteiger partial charge is 0.230 e. The molecule has 2 heterocycles. The minimum absolute atomic E-state index is 0.127. The number of para-hydroxylation sites is 1. The van der Waals surface area contributed by atoms with E-state index in [-0.39, 0.29) is 12.3 Å². The molecular weight excluding hydrogens is 362 g/mol. The molecule has 1 amide bonds. The highest BCUT2D eigenvalue weighted by molar-refractivity contribution is 6.32.